The number of likely N-dealkylation sites (tertiary alicyclic amines) is 1. The summed E-state index contributed by atoms with van der Waals surface area (Å²) in [5, 5.41) is 6.05. The van der Waals surface area contributed by atoms with E-state index in [2.05, 4.69) is 25.5 Å². The zero-order valence-corrected chi connectivity index (χ0v) is 14.4. The van der Waals surface area contributed by atoms with E-state index in [4.69, 9.17) is 0 Å². The van der Waals surface area contributed by atoms with Crippen molar-refractivity contribution in [2.45, 2.75) is 25.4 Å². The fraction of sp³-hybridized carbons (Fsp3) is 0.444. The van der Waals surface area contributed by atoms with Gasteiger partial charge in [0, 0.05) is 18.4 Å². The van der Waals surface area contributed by atoms with E-state index in [9.17, 15) is 13.2 Å². The average Bonchev–Trinajstić information content (AvgIpc) is 3.12. The van der Waals surface area contributed by atoms with Crippen LogP contribution in [-0.2, 0) is 6.18 Å². The maximum atomic E-state index is 12.8. The molecular formula is C18H22F3N5. The summed E-state index contributed by atoms with van der Waals surface area (Å²) in [5.41, 5.74) is -0.412. The molecule has 2 aromatic rings. The molecular weight excluding hydrogens is 343 g/mol. The predicted octanol–water partition coefficient (Wildman–Crippen LogP) is 4.14. The van der Waals surface area contributed by atoms with Crippen LogP contribution in [0.5, 0.6) is 0 Å². The molecule has 2 N–H and O–H groups in total. The van der Waals surface area contributed by atoms with Crippen molar-refractivity contribution in [3.63, 3.8) is 0 Å². The lowest BCUT2D eigenvalue weighted by molar-refractivity contribution is -0.137. The van der Waals surface area contributed by atoms with Crippen LogP contribution in [-0.4, -0.2) is 41.0 Å². The molecule has 8 heteroatoms. The fourth-order valence-corrected chi connectivity index (χ4v) is 2.95. The molecule has 140 valence electrons. The molecule has 5 nitrogen and oxygen atoms in total. The molecule has 0 saturated carbocycles. The number of aromatic nitrogens is 2. The number of nitrogens with one attached hydrogen (secondary N) is 2. The SMILES string of the molecule is FC(F)(F)c1cccc(Nc2nccc(NCCCN3CCCC3)n2)c1. The molecule has 0 aliphatic carbocycles. The molecule has 3 rings (SSSR count). The Morgan fingerprint density at radius 1 is 1.12 bits per heavy atom. The van der Waals surface area contributed by atoms with E-state index >= 15 is 0 Å². The summed E-state index contributed by atoms with van der Waals surface area (Å²) >= 11 is 0. The third-order valence-electron chi connectivity index (χ3n) is 4.26. The first kappa shape index (κ1) is 18.4. The topological polar surface area (TPSA) is 53.1 Å². The van der Waals surface area contributed by atoms with E-state index in [0.717, 1.165) is 31.6 Å². The molecule has 0 radical (unpaired) electrons. The van der Waals surface area contributed by atoms with Crippen molar-refractivity contribution in [2.24, 2.45) is 0 Å². The molecule has 1 fully saturated rings. The number of rotatable bonds is 7. The van der Waals surface area contributed by atoms with E-state index in [0.29, 0.717) is 11.5 Å². The van der Waals surface area contributed by atoms with Crippen LogP contribution in [0.1, 0.15) is 24.8 Å². The molecule has 0 bridgehead atoms. The number of hydrogen-bond donors (Lipinski definition) is 2. The van der Waals surface area contributed by atoms with Gasteiger partial charge in [-0.3, -0.25) is 0 Å². The molecule has 1 aromatic carbocycles. The molecule has 0 unspecified atom stereocenters. The van der Waals surface area contributed by atoms with Crippen LogP contribution < -0.4 is 10.6 Å². The summed E-state index contributed by atoms with van der Waals surface area (Å²) in [6.07, 6.45) is 0.775. The zero-order chi connectivity index (χ0) is 18.4. The van der Waals surface area contributed by atoms with Crippen molar-refractivity contribution >= 4 is 17.5 Å². The molecule has 0 amide bonds. The second kappa shape index (κ2) is 8.35. The second-order valence-corrected chi connectivity index (χ2v) is 6.30. The highest BCUT2D eigenvalue weighted by Crippen LogP contribution is 2.31. The lowest BCUT2D eigenvalue weighted by Gasteiger charge is -2.14. The quantitative estimate of drug-likeness (QED) is 0.723. The fourth-order valence-electron chi connectivity index (χ4n) is 2.95. The van der Waals surface area contributed by atoms with Crippen molar-refractivity contribution < 1.29 is 13.2 Å². The van der Waals surface area contributed by atoms with Gasteiger partial charge in [-0.05, 0) is 63.2 Å². The first-order valence-corrected chi connectivity index (χ1v) is 8.74. The van der Waals surface area contributed by atoms with Crippen molar-refractivity contribution in [1.29, 1.82) is 0 Å². The van der Waals surface area contributed by atoms with Gasteiger partial charge in [0.2, 0.25) is 5.95 Å². The van der Waals surface area contributed by atoms with Gasteiger partial charge in [-0.2, -0.15) is 18.2 Å². The lowest BCUT2D eigenvalue weighted by atomic mass is 10.2. The van der Waals surface area contributed by atoms with Crippen LogP contribution in [0.2, 0.25) is 0 Å². The highest BCUT2D eigenvalue weighted by atomic mass is 19.4. The normalized spacial score (nSPS) is 15.2. The first-order valence-electron chi connectivity index (χ1n) is 8.74. The maximum Gasteiger partial charge on any atom is 0.416 e. The molecule has 0 atom stereocenters. The Labute approximate surface area is 150 Å². The highest BCUT2D eigenvalue weighted by Gasteiger charge is 2.30. The molecule has 1 aliphatic rings. The van der Waals surface area contributed by atoms with Crippen LogP contribution in [0, 0.1) is 0 Å². The van der Waals surface area contributed by atoms with Gasteiger partial charge in [-0.15, -0.1) is 0 Å². The molecule has 1 aliphatic heterocycles. The van der Waals surface area contributed by atoms with E-state index in [1.165, 1.54) is 32.0 Å². The molecule has 1 aromatic heterocycles. The van der Waals surface area contributed by atoms with Crippen molar-refractivity contribution in [1.82, 2.24) is 14.9 Å². The standard InChI is InChI=1S/C18H22F3N5/c19-18(20,21)14-5-3-6-15(13-14)24-17-23-9-7-16(25-17)22-8-4-12-26-10-1-2-11-26/h3,5-7,9,13H,1-2,4,8,10-12H2,(H2,22,23,24,25). The lowest BCUT2D eigenvalue weighted by Crippen LogP contribution is -2.22. The van der Waals surface area contributed by atoms with Gasteiger partial charge < -0.3 is 15.5 Å². The maximum absolute atomic E-state index is 12.8. The Morgan fingerprint density at radius 3 is 2.69 bits per heavy atom. The summed E-state index contributed by atoms with van der Waals surface area (Å²) in [5.74, 6) is 0.907. The van der Waals surface area contributed by atoms with E-state index in [1.807, 2.05) is 0 Å². The second-order valence-electron chi connectivity index (χ2n) is 6.30. The average molecular weight is 365 g/mol. The zero-order valence-electron chi connectivity index (χ0n) is 14.4. The Hall–Kier alpha value is -2.35. The number of hydrogen-bond acceptors (Lipinski definition) is 5. The number of halogens is 3. The third-order valence-corrected chi connectivity index (χ3v) is 4.26. The van der Waals surface area contributed by atoms with Crippen LogP contribution in [0.25, 0.3) is 0 Å². The minimum Gasteiger partial charge on any atom is -0.370 e. The van der Waals surface area contributed by atoms with E-state index in [-0.39, 0.29) is 5.95 Å². The smallest absolute Gasteiger partial charge is 0.370 e. The predicted molar refractivity (Wildman–Crippen MR) is 95.5 cm³/mol. The Bertz CT molecular complexity index is 714. The monoisotopic (exact) mass is 365 g/mol. The summed E-state index contributed by atoms with van der Waals surface area (Å²) in [6.45, 7) is 4.21. The number of anilines is 3. The molecule has 1 saturated heterocycles. The van der Waals surface area contributed by atoms with Crippen LogP contribution in [0.4, 0.5) is 30.6 Å². The molecule has 2 heterocycles. The summed E-state index contributed by atoms with van der Waals surface area (Å²) in [6, 6.07) is 6.72. The van der Waals surface area contributed by atoms with Gasteiger partial charge in [-0.1, -0.05) is 6.07 Å². The summed E-state index contributed by atoms with van der Waals surface area (Å²) < 4.78 is 38.3. The van der Waals surface area contributed by atoms with Gasteiger partial charge in [0.25, 0.3) is 0 Å². The number of alkyl halides is 3. The Balaban J connectivity index is 1.53. The van der Waals surface area contributed by atoms with Crippen molar-refractivity contribution in [2.75, 3.05) is 36.8 Å². The van der Waals surface area contributed by atoms with Gasteiger partial charge in [0.05, 0.1) is 5.56 Å². The molecule has 26 heavy (non-hydrogen) atoms. The Kier molecular flexibility index (Phi) is 5.92. The largest absolute Gasteiger partial charge is 0.416 e. The third kappa shape index (κ3) is 5.32. The van der Waals surface area contributed by atoms with Gasteiger partial charge in [-0.25, -0.2) is 4.98 Å². The van der Waals surface area contributed by atoms with Gasteiger partial charge in [0.15, 0.2) is 0 Å². The van der Waals surface area contributed by atoms with E-state index < -0.39 is 11.7 Å². The van der Waals surface area contributed by atoms with Crippen LogP contribution in [0.15, 0.2) is 36.5 Å². The Morgan fingerprint density at radius 2 is 1.92 bits per heavy atom. The highest BCUT2D eigenvalue weighted by molar-refractivity contribution is 5.56. The van der Waals surface area contributed by atoms with Crippen LogP contribution in [0.3, 0.4) is 0 Å². The van der Waals surface area contributed by atoms with E-state index in [1.54, 1.807) is 18.3 Å². The summed E-state index contributed by atoms with van der Waals surface area (Å²) in [7, 11) is 0. The molecule has 0 spiro atoms. The van der Waals surface area contributed by atoms with Gasteiger partial charge in [0.1, 0.15) is 5.82 Å². The number of nitrogens with zero attached hydrogens (tertiary/aromatic N) is 3. The minimum absolute atomic E-state index is 0.258. The van der Waals surface area contributed by atoms with Crippen molar-refractivity contribution in [3.8, 4) is 0 Å². The first-order chi connectivity index (χ1) is 12.5. The minimum atomic E-state index is -4.38. The van der Waals surface area contributed by atoms with Gasteiger partial charge >= 0.3 is 6.18 Å². The summed E-state index contributed by atoms with van der Waals surface area (Å²) in [4.78, 5) is 10.8. The van der Waals surface area contributed by atoms with Crippen molar-refractivity contribution in [3.05, 3.63) is 42.1 Å². The number of benzene rings is 1. The van der Waals surface area contributed by atoms with Crippen LogP contribution >= 0.6 is 0 Å².